The van der Waals surface area contributed by atoms with Gasteiger partial charge in [0.15, 0.2) is 0 Å². The molecule has 0 spiro atoms. The maximum Gasteiger partial charge on any atom is 0.240 e. The minimum atomic E-state index is -3.68. The summed E-state index contributed by atoms with van der Waals surface area (Å²) in [5.41, 5.74) is 0. The van der Waals surface area contributed by atoms with Crippen molar-refractivity contribution >= 4 is 10.0 Å². The number of furan rings is 1. The van der Waals surface area contributed by atoms with Crippen LogP contribution >= 0.6 is 0 Å². The number of hydrogen-bond acceptors (Lipinski definition) is 4. The number of likely N-dealkylation sites (N-methyl/N-ethyl adjacent to an activating group) is 1. The first-order valence-corrected chi connectivity index (χ1v) is 7.83. The van der Waals surface area contributed by atoms with Crippen molar-refractivity contribution in [3.05, 3.63) is 54.2 Å². The maximum absolute atomic E-state index is 12.8. The van der Waals surface area contributed by atoms with Crippen LogP contribution in [0.3, 0.4) is 0 Å². The maximum atomic E-state index is 12.8. The number of halogens is 1. The van der Waals surface area contributed by atoms with Gasteiger partial charge in [-0.1, -0.05) is 0 Å². The molecule has 0 amide bonds. The van der Waals surface area contributed by atoms with Crippen LogP contribution in [0.25, 0.3) is 0 Å². The molecule has 0 unspecified atom stereocenters. The lowest BCUT2D eigenvalue weighted by atomic mass is 10.2. The number of sulfonamides is 1. The Labute approximate surface area is 123 Å². The van der Waals surface area contributed by atoms with Crippen LogP contribution in [0.2, 0.25) is 0 Å². The third kappa shape index (κ3) is 3.90. The van der Waals surface area contributed by atoms with Crippen LogP contribution in [-0.4, -0.2) is 34.0 Å². The molecule has 1 N–H and O–H groups in total. The highest BCUT2D eigenvalue weighted by molar-refractivity contribution is 7.89. The molecule has 2 rings (SSSR count). The molecule has 1 aromatic heterocycles. The highest BCUT2D eigenvalue weighted by Gasteiger charge is 2.21. The summed E-state index contributed by atoms with van der Waals surface area (Å²) in [6.45, 7) is 0.153. The summed E-state index contributed by atoms with van der Waals surface area (Å²) in [5, 5.41) is 0. The largest absolute Gasteiger partial charge is 0.468 e. The summed E-state index contributed by atoms with van der Waals surface area (Å²) in [6.07, 6.45) is 1.54. The molecule has 1 aromatic carbocycles. The van der Waals surface area contributed by atoms with Gasteiger partial charge in [-0.15, -0.1) is 0 Å². The first kappa shape index (κ1) is 15.7. The second kappa shape index (κ2) is 6.38. The van der Waals surface area contributed by atoms with E-state index in [1.807, 2.05) is 19.0 Å². The van der Waals surface area contributed by atoms with E-state index in [0.29, 0.717) is 5.76 Å². The number of rotatable bonds is 6. The summed E-state index contributed by atoms with van der Waals surface area (Å²) < 4.78 is 45.0. The molecule has 5 nitrogen and oxygen atoms in total. The Morgan fingerprint density at radius 1 is 1.24 bits per heavy atom. The van der Waals surface area contributed by atoms with E-state index in [2.05, 4.69) is 4.72 Å². The van der Waals surface area contributed by atoms with Crippen molar-refractivity contribution in [1.29, 1.82) is 0 Å². The lowest BCUT2D eigenvalue weighted by molar-refractivity contribution is 0.259. The Bertz CT molecular complexity index is 667. The molecule has 0 fully saturated rings. The van der Waals surface area contributed by atoms with Gasteiger partial charge in [0.05, 0.1) is 17.2 Å². The van der Waals surface area contributed by atoms with Crippen molar-refractivity contribution in [3.63, 3.8) is 0 Å². The van der Waals surface area contributed by atoms with E-state index >= 15 is 0 Å². The molecular formula is C14H17FN2O3S. The molecule has 114 valence electrons. The van der Waals surface area contributed by atoms with Gasteiger partial charge in [0, 0.05) is 6.54 Å². The molecule has 0 saturated heterocycles. The van der Waals surface area contributed by atoms with Crippen molar-refractivity contribution in [3.8, 4) is 0 Å². The minimum absolute atomic E-state index is 0.0286. The van der Waals surface area contributed by atoms with E-state index in [1.54, 1.807) is 18.4 Å². The van der Waals surface area contributed by atoms with Crippen LogP contribution in [0.5, 0.6) is 0 Å². The lowest BCUT2D eigenvalue weighted by Gasteiger charge is -2.22. The molecule has 1 heterocycles. The minimum Gasteiger partial charge on any atom is -0.468 e. The van der Waals surface area contributed by atoms with Crippen LogP contribution in [-0.2, 0) is 10.0 Å². The first-order chi connectivity index (χ1) is 9.90. The van der Waals surface area contributed by atoms with Gasteiger partial charge in [-0.05, 0) is 50.5 Å². The quantitative estimate of drug-likeness (QED) is 0.886. The van der Waals surface area contributed by atoms with Gasteiger partial charge >= 0.3 is 0 Å². The fraction of sp³-hybridized carbons (Fsp3) is 0.286. The van der Waals surface area contributed by atoms with Crippen LogP contribution < -0.4 is 4.72 Å². The molecule has 0 aliphatic carbocycles. The fourth-order valence-corrected chi connectivity index (χ4v) is 2.94. The molecule has 0 aliphatic heterocycles. The standard InChI is InChI=1S/C14H17FN2O3S/c1-17(2)13(14-4-3-9-20-14)10-16-21(18,19)12-7-5-11(15)6-8-12/h3-9,13,16H,10H2,1-2H3/t13-/m0/s1. The molecule has 0 aliphatic rings. The SMILES string of the molecule is CN(C)[C@@H](CNS(=O)(=O)c1ccc(F)cc1)c1ccco1. The van der Waals surface area contributed by atoms with Gasteiger partial charge in [0.2, 0.25) is 10.0 Å². The Balaban J connectivity index is 2.11. The third-order valence-electron chi connectivity index (χ3n) is 3.09. The van der Waals surface area contributed by atoms with Crippen molar-refractivity contribution in [2.45, 2.75) is 10.9 Å². The molecule has 0 bridgehead atoms. The molecule has 0 radical (unpaired) electrons. The third-order valence-corrected chi connectivity index (χ3v) is 4.53. The summed E-state index contributed by atoms with van der Waals surface area (Å²) in [7, 11) is -0.0163. The Morgan fingerprint density at radius 2 is 1.90 bits per heavy atom. The van der Waals surface area contributed by atoms with Crippen LogP contribution in [0.1, 0.15) is 11.8 Å². The summed E-state index contributed by atoms with van der Waals surface area (Å²) >= 11 is 0. The molecule has 7 heteroatoms. The smallest absolute Gasteiger partial charge is 0.240 e. The summed E-state index contributed by atoms with van der Waals surface area (Å²) in [6, 6.07) is 8.01. The van der Waals surface area contributed by atoms with E-state index in [-0.39, 0.29) is 17.5 Å². The normalized spacial score (nSPS) is 13.5. The summed E-state index contributed by atoms with van der Waals surface area (Å²) in [4.78, 5) is 1.88. The summed E-state index contributed by atoms with van der Waals surface area (Å²) in [5.74, 6) is 0.192. The van der Waals surface area contributed by atoms with Crippen molar-refractivity contribution in [1.82, 2.24) is 9.62 Å². The van der Waals surface area contributed by atoms with E-state index in [4.69, 9.17) is 4.42 Å². The van der Waals surface area contributed by atoms with E-state index in [0.717, 1.165) is 12.1 Å². The Morgan fingerprint density at radius 3 is 2.43 bits per heavy atom. The zero-order valence-corrected chi connectivity index (χ0v) is 12.6. The van der Waals surface area contributed by atoms with Gasteiger partial charge in [-0.25, -0.2) is 17.5 Å². The second-order valence-corrected chi connectivity index (χ2v) is 6.57. The zero-order chi connectivity index (χ0) is 15.5. The van der Waals surface area contributed by atoms with E-state index in [1.165, 1.54) is 12.1 Å². The molecular weight excluding hydrogens is 295 g/mol. The van der Waals surface area contributed by atoms with Gasteiger partial charge in [0.1, 0.15) is 11.6 Å². The molecule has 0 saturated carbocycles. The monoisotopic (exact) mass is 312 g/mol. The second-order valence-electron chi connectivity index (χ2n) is 4.80. The van der Waals surface area contributed by atoms with Gasteiger partial charge < -0.3 is 4.42 Å². The van der Waals surface area contributed by atoms with Crippen LogP contribution in [0.15, 0.2) is 52.0 Å². The van der Waals surface area contributed by atoms with Crippen molar-refractivity contribution < 1.29 is 17.2 Å². The van der Waals surface area contributed by atoms with Crippen molar-refractivity contribution in [2.75, 3.05) is 20.6 Å². The predicted molar refractivity (Wildman–Crippen MR) is 76.7 cm³/mol. The average molecular weight is 312 g/mol. The number of nitrogens with one attached hydrogen (secondary N) is 1. The van der Waals surface area contributed by atoms with Crippen LogP contribution in [0, 0.1) is 5.82 Å². The van der Waals surface area contributed by atoms with Crippen molar-refractivity contribution in [2.24, 2.45) is 0 Å². The lowest BCUT2D eigenvalue weighted by Crippen LogP contribution is -2.34. The Kier molecular flexibility index (Phi) is 4.76. The van der Waals surface area contributed by atoms with Gasteiger partial charge in [0.25, 0.3) is 0 Å². The first-order valence-electron chi connectivity index (χ1n) is 6.35. The molecule has 1 atom stereocenters. The molecule has 2 aromatic rings. The zero-order valence-electron chi connectivity index (χ0n) is 11.8. The predicted octanol–water partition coefficient (Wildman–Crippen LogP) is 2.00. The molecule has 21 heavy (non-hydrogen) atoms. The average Bonchev–Trinajstić information content (AvgIpc) is 2.93. The van der Waals surface area contributed by atoms with Crippen LogP contribution in [0.4, 0.5) is 4.39 Å². The topological polar surface area (TPSA) is 62.6 Å². The fourth-order valence-electron chi connectivity index (χ4n) is 1.90. The highest BCUT2D eigenvalue weighted by atomic mass is 32.2. The Hall–Kier alpha value is -1.70. The van der Waals surface area contributed by atoms with Gasteiger partial charge in [-0.2, -0.15) is 0 Å². The van der Waals surface area contributed by atoms with E-state index in [9.17, 15) is 12.8 Å². The number of benzene rings is 1. The number of hydrogen-bond donors (Lipinski definition) is 1. The van der Waals surface area contributed by atoms with E-state index < -0.39 is 15.8 Å². The van der Waals surface area contributed by atoms with Gasteiger partial charge in [-0.3, -0.25) is 4.90 Å². The highest BCUT2D eigenvalue weighted by Crippen LogP contribution is 2.19. The number of nitrogens with zero attached hydrogens (tertiary/aromatic N) is 1.